The molecule has 0 bridgehead atoms. The van der Waals surface area contributed by atoms with E-state index in [9.17, 15) is 9.59 Å². The smallest absolute Gasteiger partial charge is 0.247 e. The molecule has 6 heteroatoms. The van der Waals surface area contributed by atoms with E-state index in [1.165, 1.54) is 11.8 Å². The van der Waals surface area contributed by atoms with E-state index in [0.29, 0.717) is 18.8 Å². The number of thioether (sulfide) groups is 1. The van der Waals surface area contributed by atoms with Gasteiger partial charge in [-0.2, -0.15) is 0 Å². The van der Waals surface area contributed by atoms with E-state index in [1.54, 1.807) is 4.90 Å². The molecule has 1 unspecified atom stereocenters. The third-order valence-corrected chi connectivity index (χ3v) is 7.52. The van der Waals surface area contributed by atoms with E-state index in [1.807, 2.05) is 86.8 Å². The molecule has 1 aromatic heterocycles. The topological polar surface area (TPSA) is 54.3 Å². The Kier molecular flexibility index (Phi) is 6.16. The minimum atomic E-state index is -0.714. The van der Waals surface area contributed by atoms with Gasteiger partial charge in [-0.3, -0.25) is 9.59 Å². The normalized spacial score (nSPS) is 15.8. The van der Waals surface area contributed by atoms with Crippen LogP contribution in [0.1, 0.15) is 28.3 Å². The van der Waals surface area contributed by atoms with Crippen LogP contribution in [-0.2, 0) is 29.7 Å². The van der Waals surface area contributed by atoms with Gasteiger partial charge in [-0.15, -0.1) is 0 Å². The van der Waals surface area contributed by atoms with E-state index < -0.39 is 6.04 Å². The van der Waals surface area contributed by atoms with E-state index in [0.717, 1.165) is 38.2 Å². The number of nitrogens with zero attached hydrogens (tertiary/aromatic N) is 2. The fourth-order valence-electron chi connectivity index (χ4n) is 4.57. The Morgan fingerprint density at radius 1 is 0.971 bits per heavy atom. The van der Waals surface area contributed by atoms with Crippen molar-refractivity contribution in [1.82, 2.24) is 14.8 Å². The van der Waals surface area contributed by atoms with Crippen LogP contribution in [0.4, 0.5) is 0 Å². The Bertz CT molecular complexity index is 1350. The zero-order valence-electron chi connectivity index (χ0n) is 19.3. The molecule has 1 aliphatic heterocycles. The van der Waals surface area contributed by atoms with Crippen LogP contribution in [0.25, 0.3) is 10.9 Å². The quantitative estimate of drug-likeness (QED) is 0.449. The lowest BCUT2D eigenvalue weighted by molar-refractivity contribution is -0.139. The Morgan fingerprint density at radius 3 is 2.44 bits per heavy atom. The van der Waals surface area contributed by atoms with Crippen LogP contribution in [0.5, 0.6) is 0 Å². The van der Waals surface area contributed by atoms with Gasteiger partial charge in [0.15, 0.2) is 0 Å². The molecular weight excluding hydrogens is 442 g/mol. The molecule has 0 saturated heterocycles. The first-order valence-electron chi connectivity index (χ1n) is 11.4. The third-order valence-electron chi connectivity index (χ3n) is 6.36. The van der Waals surface area contributed by atoms with Crippen molar-refractivity contribution >= 4 is 34.5 Å². The van der Waals surface area contributed by atoms with Crippen molar-refractivity contribution < 1.29 is 9.59 Å². The number of carbonyl (C=O) groups is 2. The zero-order valence-corrected chi connectivity index (χ0v) is 20.1. The van der Waals surface area contributed by atoms with Gasteiger partial charge in [-0.1, -0.05) is 90.1 Å². The number of fused-ring (bicyclic) bond motifs is 3. The number of aryl methyl sites for hydroxylation is 2. The first kappa shape index (κ1) is 22.3. The Labute approximate surface area is 203 Å². The molecule has 0 fully saturated rings. The van der Waals surface area contributed by atoms with Gasteiger partial charge in [0.05, 0.1) is 10.8 Å². The first-order valence-corrected chi connectivity index (χ1v) is 12.4. The first-order chi connectivity index (χ1) is 16.5. The number of carbonyl (C=O) groups excluding carboxylic acids is 2. The molecule has 1 N–H and O–H groups in total. The van der Waals surface area contributed by atoms with Crippen LogP contribution < -0.4 is 5.32 Å². The maximum absolute atomic E-state index is 13.8. The summed E-state index contributed by atoms with van der Waals surface area (Å²) in [7, 11) is 2.01. The van der Waals surface area contributed by atoms with Crippen molar-refractivity contribution in [2.24, 2.45) is 7.05 Å². The molecule has 0 spiro atoms. The monoisotopic (exact) mass is 469 g/mol. The maximum Gasteiger partial charge on any atom is 0.247 e. The van der Waals surface area contributed by atoms with Crippen molar-refractivity contribution in [3.05, 3.63) is 101 Å². The number of para-hydroxylation sites is 1. The van der Waals surface area contributed by atoms with Crippen LogP contribution in [0.3, 0.4) is 0 Å². The molecule has 5 rings (SSSR count). The highest BCUT2D eigenvalue weighted by Crippen LogP contribution is 2.42. The molecule has 2 heterocycles. The van der Waals surface area contributed by atoms with Gasteiger partial charge < -0.3 is 14.8 Å². The van der Waals surface area contributed by atoms with Gasteiger partial charge in [0.25, 0.3) is 0 Å². The number of hydrogen-bond acceptors (Lipinski definition) is 3. The SMILES string of the molecule is Cc1ccc(CN2C(=O)CSc3c(c4ccccc4n3C)C2C(=O)NCc2ccccc2)cc1. The number of rotatable bonds is 5. The molecule has 5 nitrogen and oxygen atoms in total. The van der Waals surface area contributed by atoms with Gasteiger partial charge in [0.2, 0.25) is 11.8 Å². The number of hydrogen-bond donors (Lipinski definition) is 1. The van der Waals surface area contributed by atoms with Gasteiger partial charge in [0.1, 0.15) is 6.04 Å². The predicted molar refractivity (Wildman–Crippen MR) is 136 cm³/mol. The molecule has 0 radical (unpaired) electrons. The summed E-state index contributed by atoms with van der Waals surface area (Å²) in [6.07, 6.45) is 0. The van der Waals surface area contributed by atoms with Crippen LogP contribution in [-0.4, -0.2) is 27.0 Å². The summed E-state index contributed by atoms with van der Waals surface area (Å²) in [5.41, 5.74) is 5.16. The largest absolute Gasteiger partial charge is 0.350 e. The summed E-state index contributed by atoms with van der Waals surface area (Å²) in [5, 5.41) is 5.09. The molecule has 1 aliphatic rings. The predicted octanol–water partition coefficient (Wildman–Crippen LogP) is 4.98. The summed E-state index contributed by atoms with van der Waals surface area (Å²) in [6, 6.07) is 25.4. The lowest BCUT2D eigenvalue weighted by atomic mass is 10.0. The van der Waals surface area contributed by atoms with Crippen LogP contribution in [0.2, 0.25) is 0 Å². The lowest BCUT2D eigenvalue weighted by Crippen LogP contribution is -2.43. The second kappa shape index (κ2) is 9.39. The van der Waals surface area contributed by atoms with Gasteiger partial charge in [0, 0.05) is 36.6 Å². The average Bonchev–Trinajstić information content (AvgIpc) is 3.05. The summed E-state index contributed by atoms with van der Waals surface area (Å²) in [6.45, 7) is 2.83. The Hall–Kier alpha value is -3.51. The van der Waals surface area contributed by atoms with Crippen molar-refractivity contribution in [2.75, 3.05) is 5.75 Å². The summed E-state index contributed by atoms with van der Waals surface area (Å²) >= 11 is 1.51. The lowest BCUT2D eigenvalue weighted by Gasteiger charge is -2.30. The Balaban J connectivity index is 1.59. The van der Waals surface area contributed by atoms with Crippen LogP contribution in [0, 0.1) is 6.92 Å². The van der Waals surface area contributed by atoms with Gasteiger partial charge >= 0.3 is 0 Å². The second-order valence-electron chi connectivity index (χ2n) is 8.70. The van der Waals surface area contributed by atoms with Gasteiger partial charge in [-0.25, -0.2) is 0 Å². The van der Waals surface area contributed by atoms with E-state index in [4.69, 9.17) is 0 Å². The van der Waals surface area contributed by atoms with Crippen LogP contribution in [0.15, 0.2) is 83.9 Å². The van der Waals surface area contributed by atoms with Crippen molar-refractivity contribution in [3.8, 4) is 0 Å². The molecule has 4 aromatic rings. The molecule has 1 atom stereocenters. The maximum atomic E-state index is 13.8. The third kappa shape index (κ3) is 4.21. The molecule has 0 saturated carbocycles. The van der Waals surface area contributed by atoms with Crippen LogP contribution >= 0.6 is 11.8 Å². The van der Waals surface area contributed by atoms with Gasteiger partial charge in [-0.05, 0) is 24.1 Å². The highest BCUT2D eigenvalue weighted by molar-refractivity contribution is 8.00. The minimum absolute atomic E-state index is 0.0364. The average molecular weight is 470 g/mol. The molecule has 3 aromatic carbocycles. The number of nitrogens with one attached hydrogen (secondary N) is 1. The number of aromatic nitrogens is 1. The van der Waals surface area contributed by atoms with Crippen molar-refractivity contribution in [1.29, 1.82) is 0 Å². The number of benzene rings is 3. The summed E-state index contributed by atoms with van der Waals surface area (Å²) in [4.78, 5) is 29.0. The summed E-state index contributed by atoms with van der Waals surface area (Å²) in [5.74, 6) is 0.0982. The van der Waals surface area contributed by atoms with Crippen molar-refractivity contribution in [3.63, 3.8) is 0 Å². The zero-order chi connectivity index (χ0) is 23.7. The number of amides is 2. The van der Waals surface area contributed by atoms with E-state index >= 15 is 0 Å². The molecular formula is C28H27N3O2S. The molecule has 172 valence electrons. The highest BCUT2D eigenvalue weighted by Gasteiger charge is 2.38. The fraction of sp³-hybridized carbons (Fsp3) is 0.214. The standard InChI is InChI=1S/C28H27N3O2S/c1-19-12-14-21(15-13-19)17-31-24(32)18-34-28-25(22-10-6-7-11-23(22)30(28)2)26(31)27(33)29-16-20-8-4-3-5-9-20/h3-15,26H,16-18H2,1-2H3,(H,29,33). The molecule has 2 amide bonds. The summed E-state index contributed by atoms with van der Waals surface area (Å²) < 4.78 is 2.11. The van der Waals surface area contributed by atoms with Crippen molar-refractivity contribution in [2.45, 2.75) is 31.1 Å². The minimum Gasteiger partial charge on any atom is -0.350 e. The molecule has 0 aliphatic carbocycles. The Morgan fingerprint density at radius 2 is 1.68 bits per heavy atom. The second-order valence-corrected chi connectivity index (χ2v) is 9.66. The molecule has 34 heavy (non-hydrogen) atoms. The fourth-order valence-corrected chi connectivity index (χ4v) is 5.67. The van der Waals surface area contributed by atoms with E-state index in [2.05, 4.69) is 16.0 Å². The van der Waals surface area contributed by atoms with E-state index in [-0.39, 0.29) is 11.8 Å². The highest BCUT2D eigenvalue weighted by atomic mass is 32.2.